The molecule has 1 heterocycles. The van der Waals surface area contributed by atoms with Crippen LogP contribution in [0.1, 0.15) is 12.0 Å². The molecule has 0 fully saturated rings. The summed E-state index contributed by atoms with van der Waals surface area (Å²) in [7, 11) is 0. The number of fused-ring (bicyclic) bond motifs is 1. The van der Waals surface area contributed by atoms with Gasteiger partial charge < -0.3 is 5.73 Å². The van der Waals surface area contributed by atoms with Crippen LogP contribution < -0.4 is 5.73 Å². The summed E-state index contributed by atoms with van der Waals surface area (Å²) < 4.78 is 0. The van der Waals surface area contributed by atoms with Gasteiger partial charge in [-0.05, 0) is 37.1 Å². The highest BCUT2D eigenvalue weighted by atomic mass is 14.6. The molecule has 0 amide bonds. The highest BCUT2D eigenvalue weighted by Crippen LogP contribution is 2.17. The monoisotopic (exact) mass is 186 g/mol. The molecule has 2 rings (SSSR count). The summed E-state index contributed by atoms with van der Waals surface area (Å²) in [6, 6.07) is 10.4. The van der Waals surface area contributed by atoms with Crippen LogP contribution in [0.25, 0.3) is 10.9 Å². The van der Waals surface area contributed by atoms with E-state index in [4.69, 9.17) is 5.73 Å². The Bertz CT molecular complexity index is 418. The van der Waals surface area contributed by atoms with Crippen LogP contribution in [0.2, 0.25) is 0 Å². The zero-order chi connectivity index (χ0) is 9.80. The Morgan fingerprint density at radius 3 is 2.93 bits per heavy atom. The van der Waals surface area contributed by atoms with Gasteiger partial charge in [-0.1, -0.05) is 18.2 Å². The van der Waals surface area contributed by atoms with Crippen LogP contribution in [0.15, 0.2) is 36.5 Å². The van der Waals surface area contributed by atoms with Crippen molar-refractivity contribution in [3.05, 3.63) is 42.1 Å². The van der Waals surface area contributed by atoms with E-state index in [0.29, 0.717) is 0 Å². The van der Waals surface area contributed by atoms with Gasteiger partial charge in [0.1, 0.15) is 0 Å². The van der Waals surface area contributed by atoms with Crippen molar-refractivity contribution in [1.29, 1.82) is 0 Å². The molecule has 2 nitrogen and oxygen atoms in total. The molecule has 2 heteroatoms. The highest BCUT2D eigenvalue weighted by Gasteiger charge is 1.99. The molecule has 0 aliphatic rings. The number of benzene rings is 1. The molecule has 0 aliphatic heterocycles. The van der Waals surface area contributed by atoms with Gasteiger partial charge >= 0.3 is 0 Å². The van der Waals surface area contributed by atoms with E-state index < -0.39 is 0 Å². The molecule has 0 radical (unpaired) electrons. The Morgan fingerprint density at radius 2 is 2.07 bits per heavy atom. The van der Waals surface area contributed by atoms with Crippen molar-refractivity contribution in [2.75, 3.05) is 6.54 Å². The second-order valence-corrected chi connectivity index (χ2v) is 3.38. The first kappa shape index (κ1) is 9.16. The van der Waals surface area contributed by atoms with Crippen molar-refractivity contribution >= 4 is 10.9 Å². The maximum Gasteiger partial charge on any atom is 0.0704 e. The molecule has 2 aromatic rings. The molecule has 14 heavy (non-hydrogen) atoms. The lowest BCUT2D eigenvalue weighted by atomic mass is 10.0. The van der Waals surface area contributed by atoms with Crippen LogP contribution in [0, 0.1) is 0 Å². The third-order valence-electron chi connectivity index (χ3n) is 2.39. The zero-order valence-corrected chi connectivity index (χ0v) is 8.11. The van der Waals surface area contributed by atoms with E-state index in [0.717, 1.165) is 24.9 Å². The molecule has 0 unspecified atom stereocenters. The molecule has 0 atom stereocenters. The fourth-order valence-electron chi connectivity index (χ4n) is 1.68. The number of aromatic nitrogens is 1. The molecule has 2 N–H and O–H groups in total. The summed E-state index contributed by atoms with van der Waals surface area (Å²) >= 11 is 0. The Morgan fingerprint density at radius 1 is 1.14 bits per heavy atom. The number of hydrogen-bond donors (Lipinski definition) is 1. The molecular weight excluding hydrogens is 172 g/mol. The third-order valence-corrected chi connectivity index (χ3v) is 2.39. The lowest BCUT2D eigenvalue weighted by Crippen LogP contribution is -2.00. The standard InChI is InChI=1S/C12H14N2/c13-8-2-5-10-4-1-7-12-11(10)6-3-9-14-12/h1,3-4,6-7,9H,2,5,8,13H2. The van der Waals surface area contributed by atoms with Gasteiger partial charge in [-0.15, -0.1) is 0 Å². The molecule has 1 aromatic heterocycles. The molecular formula is C12H14N2. The molecule has 72 valence electrons. The summed E-state index contributed by atoms with van der Waals surface area (Å²) in [5.41, 5.74) is 7.92. The minimum atomic E-state index is 0.747. The minimum absolute atomic E-state index is 0.747. The smallest absolute Gasteiger partial charge is 0.0704 e. The molecule has 0 spiro atoms. The predicted octanol–water partition coefficient (Wildman–Crippen LogP) is 2.13. The average Bonchev–Trinajstić information content (AvgIpc) is 2.26. The highest BCUT2D eigenvalue weighted by molar-refractivity contribution is 5.81. The van der Waals surface area contributed by atoms with E-state index in [2.05, 4.69) is 23.2 Å². The Hall–Kier alpha value is -1.41. The van der Waals surface area contributed by atoms with Gasteiger partial charge in [0.2, 0.25) is 0 Å². The van der Waals surface area contributed by atoms with Crippen LogP contribution in [0.3, 0.4) is 0 Å². The Balaban J connectivity index is 2.43. The van der Waals surface area contributed by atoms with Gasteiger partial charge in [-0.3, -0.25) is 4.98 Å². The fourth-order valence-corrected chi connectivity index (χ4v) is 1.68. The van der Waals surface area contributed by atoms with Crippen molar-refractivity contribution in [2.24, 2.45) is 5.73 Å². The lowest BCUT2D eigenvalue weighted by Gasteiger charge is -2.04. The van der Waals surface area contributed by atoms with E-state index in [-0.39, 0.29) is 0 Å². The molecule has 0 saturated carbocycles. The molecule has 0 aliphatic carbocycles. The largest absolute Gasteiger partial charge is 0.330 e. The van der Waals surface area contributed by atoms with Crippen molar-refractivity contribution in [1.82, 2.24) is 4.98 Å². The summed E-state index contributed by atoms with van der Waals surface area (Å²) in [5.74, 6) is 0. The fraction of sp³-hybridized carbons (Fsp3) is 0.250. The van der Waals surface area contributed by atoms with Crippen LogP contribution >= 0.6 is 0 Å². The first-order valence-electron chi connectivity index (χ1n) is 4.94. The van der Waals surface area contributed by atoms with Crippen molar-refractivity contribution in [3.63, 3.8) is 0 Å². The number of pyridine rings is 1. The first-order valence-corrected chi connectivity index (χ1v) is 4.94. The zero-order valence-electron chi connectivity index (χ0n) is 8.11. The number of hydrogen-bond acceptors (Lipinski definition) is 2. The summed E-state index contributed by atoms with van der Waals surface area (Å²) in [4.78, 5) is 4.32. The number of nitrogens with two attached hydrogens (primary N) is 1. The summed E-state index contributed by atoms with van der Waals surface area (Å²) in [5, 5.41) is 1.25. The van der Waals surface area contributed by atoms with E-state index in [1.54, 1.807) is 0 Å². The summed E-state index contributed by atoms with van der Waals surface area (Å²) in [6.45, 7) is 0.747. The van der Waals surface area contributed by atoms with Gasteiger partial charge in [0, 0.05) is 11.6 Å². The maximum atomic E-state index is 5.50. The lowest BCUT2D eigenvalue weighted by molar-refractivity contribution is 0.837. The van der Waals surface area contributed by atoms with Crippen LogP contribution in [-0.4, -0.2) is 11.5 Å². The van der Waals surface area contributed by atoms with Gasteiger partial charge in [0.25, 0.3) is 0 Å². The van der Waals surface area contributed by atoms with E-state index in [9.17, 15) is 0 Å². The number of aryl methyl sites for hydroxylation is 1. The molecule has 1 aromatic carbocycles. The first-order chi connectivity index (χ1) is 6.92. The van der Waals surface area contributed by atoms with Crippen LogP contribution in [0.4, 0.5) is 0 Å². The van der Waals surface area contributed by atoms with Crippen molar-refractivity contribution in [3.8, 4) is 0 Å². The quantitative estimate of drug-likeness (QED) is 0.797. The minimum Gasteiger partial charge on any atom is -0.330 e. The van der Waals surface area contributed by atoms with Gasteiger partial charge in [0.05, 0.1) is 5.52 Å². The second-order valence-electron chi connectivity index (χ2n) is 3.38. The second kappa shape index (κ2) is 4.20. The normalized spacial score (nSPS) is 10.6. The van der Waals surface area contributed by atoms with Crippen molar-refractivity contribution < 1.29 is 0 Å². The van der Waals surface area contributed by atoms with E-state index in [1.807, 2.05) is 18.3 Å². The third kappa shape index (κ3) is 1.75. The molecule has 0 bridgehead atoms. The van der Waals surface area contributed by atoms with Crippen LogP contribution in [-0.2, 0) is 6.42 Å². The molecule has 0 saturated heterocycles. The SMILES string of the molecule is NCCCc1cccc2ncccc12. The van der Waals surface area contributed by atoms with Gasteiger partial charge in [-0.25, -0.2) is 0 Å². The van der Waals surface area contributed by atoms with Crippen molar-refractivity contribution in [2.45, 2.75) is 12.8 Å². The maximum absolute atomic E-state index is 5.50. The van der Waals surface area contributed by atoms with Gasteiger partial charge in [0.15, 0.2) is 0 Å². The summed E-state index contributed by atoms with van der Waals surface area (Å²) in [6.07, 6.45) is 3.91. The van der Waals surface area contributed by atoms with Gasteiger partial charge in [-0.2, -0.15) is 0 Å². The predicted molar refractivity (Wildman–Crippen MR) is 59.1 cm³/mol. The van der Waals surface area contributed by atoms with E-state index in [1.165, 1.54) is 10.9 Å². The Labute approximate surface area is 83.8 Å². The number of rotatable bonds is 3. The van der Waals surface area contributed by atoms with E-state index >= 15 is 0 Å². The van der Waals surface area contributed by atoms with Crippen LogP contribution in [0.5, 0.6) is 0 Å². The number of nitrogens with zero attached hydrogens (tertiary/aromatic N) is 1. The average molecular weight is 186 g/mol. The topological polar surface area (TPSA) is 38.9 Å². The Kier molecular flexibility index (Phi) is 2.75.